The van der Waals surface area contributed by atoms with Crippen LogP contribution < -0.4 is 11.1 Å². The number of oxime groups is 1. The minimum atomic E-state index is -0.525. The van der Waals surface area contributed by atoms with Gasteiger partial charge >= 0.3 is 0 Å². The van der Waals surface area contributed by atoms with Crippen molar-refractivity contribution in [2.45, 2.75) is 13.0 Å². The van der Waals surface area contributed by atoms with Gasteiger partial charge in [0, 0.05) is 13.2 Å². The number of amides is 1. The van der Waals surface area contributed by atoms with Crippen molar-refractivity contribution in [1.82, 2.24) is 15.1 Å². The maximum absolute atomic E-state index is 11.5. The van der Waals surface area contributed by atoms with E-state index < -0.39 is 6.04 Å². The number of carbonyl (C=O) groups excluding carboxylic acids is 1. The number of carbonyl (C=O) groups is 1. The second kappa shape index (κ2) is 4.45. The summed E-state index contributed by atoms with van der Waals surface area (Å²) in [4.78, 5) is 11.5. The van der Waals surface area contributed by atoms with E-state index in [1.165, 1.54) is 10.9 Å². The Labute approximate surface area is 86.6 Å². The molecule has 1 heterocycles. The molecule has 0 aliphatic rings. The Kier molecular flexibility index (Phi) is 3.27. The molecule has 15 heavy (non-hydrogen) atoms. The third-order valence-corrected chi connectivity index (χ3v) is 1.87. The topological polar surface area (TPSA) is 106 Å². The summed E-state index contributed by atoms with van der Waals surface area (Å²) in [5.41, 5.74) is 5.74. The number of nitrogens with one attached hydrogen (secondary N) is 1. The Morgan fingerprint density at radius 2 is 2.47 bits per heavy atom. The summed E-state index contributed by atoms with van der Waals surface area (Å²) in [5, 5.41) is 17.6. The van der Waals surface area contributed by atoms with Gasteiger partial charge in [0.15, 0.2) is 5.84 Å². The summed E-state index contributed by atoms with van der Waals surface area (Å²) >= 11 is 0. The summed E-state index contributed by atoms with van der Waals surface area (Å²) in [6.45, 7) is 1.61. The Bertz CT molecular complexity index is 384. The van der Waals surface area contributed by atoms with Crippen molar-refractivity contribution in [1.29, 1.82) is 0 Å². The molecule has 0 bridgehead atoms. The highest BCUT2D eigenvalue weighted by molar-refractivity contribution is 5.97. The molecule has 7 heteroatoms. The van der Waals surface area contributed by atoms with Gasteiger partial charge in [-0.3, -0.25) is 9.48 Å². The normalized spacial score (nSPS) is 13.6. The highest BCUT2D eigenvalue weighted by atomic mass is 16.4. The smallest absolute Gasteiger partial charge is 0.255 e. The van der Waals surface area contributed by atoms with Crippen molar-refractivity contribution in [3.63, 3.8) is 0 Å². The van der Waals surface area contributed by atoms with E-state index in [0.717, 1.165) is 0 Å². The second-order valence-electron chi connectivity index (χ2n) is 3.12. The Morgan fingerprint density at radius 1 is 1.80 bits per heavy atom. The number of rotatable bonds is 3. The van der Waals surface area contributed by atoms with Crippen molar-refractivity contribution < 1.29 is 10.0 Å². The maximum atomic E-state index is 11.5. The molecule has 1 unspecified atom stereocenters. The predicted octanol–water partition coefficient (Wildman–Crippen LogP) is -0.715. The van der Waals surface area contributed by atoms with Gasteiger partial charge < -0.3 is 16.3 Å². The van der Waals surface area contributed by atoms with E-state index in [1.807, 2.05) is 0 Å². The van der Waals surface area contributed by atoms with Gasteiger partial charge in [-0.1, -0.05) is 5.16 Å². The van der Waals surface area contributed by atoms with Crippen LogP contribution in [0.4, 0.5) is 0 Å². The number of nitrogens with two attached hydrogens (primary N) is 1. The molecule has 1 amide bonds. The van der Waals surface area contributed by atoms with Crippen molar-refractivity contribution in [3.05, 3.63) is 18.0 Å². The Balaban J connectivity index is 2.64. The van der Waals surface area contributed by atoms with Gasteiger partial charge in [-0.05, 0) is 6.92 Å². The molecule has 0 spiro atoms. The summed E-state index contributed by atoms with van der Waals surface area (Å²) < 4.78 is 1.52. The molecule has 1 aromatic rings. The fraction of sp³-hybridized carbons (Fsp3) is 0.375. The lowest BCUT2D eigenvalue weighted by Crippen LogP contribution is -2.42. The minimum Gasteiger partial charge on any atom is -0.409 e. The van der Waals surface area contributed by atoms with E-state index in [-0.39, 0.29) is 11.7 Å². The zero-order chi connectivity index (χ0) is 11.4. The lowest BCUT2D eigenvalue weighted by molar-refractivity contribution is 0.0948. The zero-order valence-corrected chi connectivity index (χ0v) is 8.51. The quantitative estimate of drug-likeness (QED) is 0.265. The van der Waals surface area contributed by atoms with Crippen LogP contribution in [0.5, 0.6) is 0 Å². The van der Waals surface area contributed by atoms with E-state index in [9.17, 15) is 4.79 Å². The third-order valence-electron chi connectivity index (χ3n) is 1.87. The lowest BCUT2D eigenvalue weighted by Gasteiger charge is -2.10. The first-order valence-corrected chi connectivity index (χ1v) is 4.31. The molecule has 0 aliphatic heterocycles. The van der Waals surface area contributed by atoms with Gasteiger partial charge in [0.1, 0.15) is 0 Å². The molecule has 0 aromatic carbocycles. The fourth-order valence-electron chi connectivity index (χ4n) is 0.979. The number of aromatic nitrogens is 2. The number of nitrogens with zero attached hydrogens (tertiary/aromatic N) is 3. The molecule has 1 aromatic heterocycles. The van der Waals surface area contributed by atoms with E-state index in [1.54, 1.807) is 20.2 Å². The SMILES string of the molecule is CC(NC(=O)c1cnn(C)c1)/C(N)=N/O. The van der Waals surface area contributed by atoms with E-state index in [2.05, 4.69) is 15.6 Å². The second-order valence-corrected chi connectivity index (χ2v) is 3.12. The maximum Gasteiger partial charge on any atom is 0.255 e. The Hall–Kier alpha value is -2.05. The molecule has 4 N–H and O–H groups in total. The number of hydrogen-bond donors (Lipinski definition) is 3. The van der Waals surface area contributed by atoms with Gasteiger partial charge in [-0.15, -0.1) is 0 Å². The number of aryl methyl sites for hydroxylation is 1. The molecule has 1 atom stereocenters. The molecule has 1 rings (SSSR count). The molecule has 82 valence electrons. The molecular weight excluding hydrogens is 198 g/mol. The first kappa shape index (κ1) is 11.0. The van der Waals surface area contributed by atoms with Gasteiger partial charge in [0.25, 0.3) is 5.91 Å². The molecule has 0 aliphatic carbocycles. The first-order valence-electron chi connectivity index (χ1n) is 4.31. The monoisotopic (exact) mass is 211 g/mol. The molecule has 0 fully saturated rings. The average Bonchev–Trinajstić information content (AvgIpc) is 2.63. The summed E-state index contributed by atoms with van der Waals surface area (Å²) in [7, 11) is 1.71. The summed E-state index contributed by atoms with van der Waals surface area (Å²) in [5.74, 6) is -0.366. The summed E-state index contributed by atoms with van der Waals surface area (Å²) in [6.07, 6.45) is 3.02. The average molecular weight is 211 g/mol. The Morgan fingerprint density at radius 3 is 2.93 bits per heavy atom. The highest BCUT2D eigenvalue weighted by Gasteiger charge is 2.13. The predicted molar refractivity (Wildman–Crippen MR) is 53.5 cm³/mol. The standard InChI is InChI=1S/C8H13N5O2/c1-5(7(9)12-15)11-8(14)6-3-10-13(2)4-6/h3-5,15H,1-2H3,(H2,9,12)(H,11,14). The molecule has 0 radical (unpaired) electrons. The first-order chi connectivity index (χ1) is 7.04. The van der Waals surface area contributed by atoms with Crippen LogP contribution in [0.3, 0.4) is 0 Å². The van der Waals surface area contributed by atoms with Crippen LogP contribution in [-0.2, 0) is 7.05 Å². The third kappa shape index (κ3) is 2.70. The van der Waals surface area contributed by atoms with Crippen LogP contribution in [0, 0.1) is 0 Å². The van der Waals surface area contributed by atoms with Crippen LogP contribution in [0.2, 0.25) is 0 Å². The van der Waals surface area contributed by atoms with Crippen molar-refractivity contribution >= 4 is 11.7 Å². The van der Waals surface area contributed by atoms with Gasteiger partial charge in [-0.2, -0.15) is 5.10 Å². The minimum absolute atomic E-state index is 0.0489. The van der Waals surface area contributed by atoms with Crippen LogP contribution in [-0.4, -0.2) is 32.8 Å². The summed E-state index contributed by atoms with van der Waals surface area (Å²) in [6, 6.07) is -0.525. The van der Waals surface area contributed by atoms with Crippen molar-refractivity contribution in [2.24, 2.45) is 17.9 Å². The van der Waals surface area contributed by atoms with Crippen molar-refractivity contribution in [3.8, 4) is 0 Å². The van der Waals surface area contributed by atoms with E-state index in [0.29, 0.717) is 5.56 Å². The van der Waals surface area contributed by atoms with E-state index >= 15 is 0 Å². The van der Waals surface area contributed by atoms with Crippen LogP contribution in [0.25, 0.3) is 0 Å². The van der Waals surface area contributed by atoms with Crippen LogP contribution >= 0.6 is 0 Å². The van der Waals surface area contributed by atoms with Crippen molar-refractivity contribution in [2.75, 3.05) is 0 Å². The van der Waals surface area contributed by atoms with Crippen LogP contribution in [0.1, 0.15) is 17.3 Å². The van der Waals surface area contributed by atoms with Gasteiger partial charge in [-0.25, -0.2) is 0 Å². The molecule has 0 saturated carbocycles. The number of hydrogen-bond acceptors (Lipinski definition) is 4. The van der Waals surface area contributed by atoms with E-state index in [4.69, 9.17) is 10.9 Å². The lowest BCUT2D eigenvalue weighted by atomic mass is 10.2. The highest BCUT2D eigenvalue weighted by Crippen LogP contribution is 1.96. The largest absolute Gasteiger partial charge is 0.409 e. The van der Waals surface area contributed by atoms with Gasteiger partial charge in [0.05, 0.1) is 17.8 Å². The number of amidine groups is 1. The molecule has 7 nitrogen and oxygen atoms in total. The van der Waals surface area contributed by atoms with Crippen LogP contribution in [0.15, 0.2) is 17.5 Å². The fourth-order valence-corrected chi connectivity index (χ4v) is 0.979. The molecule has 0 saturated heterocycles. The van der Waals surface area contributed by atoms with Gasteiger partial charge in [0.2, 0.25) is 0 Å². The zero-order valence-electron chi connectivity index (χ0n) is 8.51. The molecular formula is C8H13N5O2.